The Balaban J connectivity index is 2.20. The molecule has 0 saturated heterocycles. The molecule has 1 nitrogen and oxygen atoms in total. The van der Waals surface area contributed by atoms with Crippen LogP contribution in [0.5, 0.6) is 0 Å². The van der Waals surface area contributed by atoms with Crippen molar-refractivity contribution in [2.45, 2.75) is 44.3 Å². The van der Waals surface area contributed by atoms with E-state index < -0.39 is 5.60 Å². The normalized spacial score (nSPS) is 12.3. The van der Waals surface area contributed by atoms with Crippen LogP contribution in [0.15, 0.2) is 91.0 Å². The Morgan fingerprint density at radius 1 is 0.786 bits per heavy atom. The van der Waals surface area contributed by atoms with E-state index in [9.17, 15) is 0 Å². The summed E-state index contributed by atoms with van der Waals surface area (Å²) in [7, 11) is 0. The molecule has 0 saturated carbocycles. The standard InChI is InChI=1S/C27H28O/c1-3-5-22-26(15-4-2)28-27(23-16-9-6-10-17-23,24-18-11-7-12-19-24)25-20-13-8-14-21-25/h2,6-14,16-21,26H,3,5,15,22H2,1H3/t26-/m0/s1. The van der Waals surface area contributed by atoms with Gasteiger partial charge in [0.25, 0.3) is 0 Å². The first-order valence-corrected chi connectivity index (χ1v) is 10.1. The van der Waals surface area contributed by atoms with Crippen molar-refractivity contribution in [2.24, 2.45) is 0 Å². The van der Waals surface area contributed by atoms with Crippen LogP contribution in [0.4, 0.5) is 0 Å². The lowest BCUT2D eigenvalue weighted by Gasteiger charge is -2.39. The van der Waals surface area contributed by atoms with Crippen LogP contribution in [0.25, 0.3) is 0 Å². The minimum Gasteiger partial charge on any atom is -0.357 e. The average Bonchev–Trinajstić information content (AvgIpc) is 2.77. The van der Waals surface area contributed by atoms with E-state index in [1.165, 1.54) is 0 Å². The van der Waals surface area contributed by atoms with Gasteiger partial charge in [0.05, 0.1) is 6.10 Å². The fourth-order valence-corrected chi connectivity index (χ4v) is 3.74. The summed E-state index contributed by atoms with van der Waals surface area (Å²) in [6.45, 7) is 2.20. The maximum absolute atomic E-state index is 7.00. The van der Waals surface area contributed by atoms with Crippen LogP contribution in [0.2, 0.25) is 0 Å². The molecule has 0 unspecified atom stereocenters. The van der Waals surface area contributed by atoms with Crippen LogP contribution in [-0.2, 0) is 10.3 Å². The van der Waals surface area contributed by atoms with Gasteiger partial charge < -0.3 is 4.74 Å². The summed E-state index contributed by atoms with van der Waals surface area (Å²) >= 11 is 0. The van der Waals surface area contributed by atoms with Gasteiger partial charge in [-0.1, -0.05) is 111 Å². The number of hydrogen-bond donors (Lipinski definition) is 0. The second kappa shape index (κ2) is 9.93. The topological polar surface area (TPSA) is 9.23 Å². The minimum absolute atomic E-state index is 0.00873. The molecule has 1 heteroatoms. The quantitative estimate of drug-likeness (QED) is 0.306. The number of ether oxygens (including phenoxy) is 1. The van der Waals surface area contributed by atoms with Crippen molar-refractivity contribution in [2.75, 3.05) is 0 Å². The Labute approximate surface area is 169 Å². The second-order valence-electron chi connectivity index (χ2n) is 7.07. The summed E-state index contributed by atoms with van der Waals surface area (Å²) in [5.74, 6) is 2.83. The van der Waals surface area contributed by atoms with E-state index in [4.69, 9.17) is 11.2 Å². The molecule has 0 aliphatic heterocycles. The number of rotatable bonds is 9. The lowest BCUT2D eigenvalue weighted by Crippen LogP contribution is -2.37. The highest BCUT2D eigenvalue weighted by molar-refractivity contribution is 5.47. The SMILES string of the molecule is C#CC[C@@H](CCCC)OC(c1ccccc1)(c1ccccc1)c1ccccc1. The summed E-state index contributed by atoms with van der Waals surface area (Å²) in [5.41, 5.74) is 2.65. The van der Waals surface area contributed by atoms with Gasteiger partial charge in [0, 0.05) is 6.42 Å². The van der Waals surface area contributed by atoms with Crippen molar-refractivity contribution in [3.05, 3.63) is 108 Å². The third-order valence-corrected chi connectivity index (χ3v) is 5.11. The highest BCUT2D eigenvalue weighted by atomic mass is 16.5. The summed E-state index contributed by atoms with van der Waals surface area (Å²) in [5, 5.41) is 0. The lowest BCUT2D eigenvalue weighted by atomic mass is 9.79. The van der Waals surface area contributed by atoms with Crippen LogP contribution in [-0.4, -0.2) is 6.10 Å². The Kier molecular flexibility index (Phi) is 7.06. The average molecular weight is 369 g/mol. The minimum atomic E-state index is -0.695. The molecule has 0 aliphatic rings. The molecule has 0 fully saturated rings. The molecule has 142 valence electrons. The van der Waals surface area contributed by atoms with Crippen molar-refractivity contribution in [1.29, 1.82) is 0 Å². The molecule has 0 heterocycles. The zero-order chi connectivity index (χ0) is 19.7. The van der Waals surface area contributed by atoms with Crippen molar-refractivity contribution in [1.82, 2.24) is 0 Å². The first kappa shape index (κ1) is 19.9. The highest BCUT2D eigenvalue weighted by Crippen LogP contribution is 2.42. The Morgan fingerprint density at radius 2 is 1.21 bits per heavy atom. The van der Waals surface area contributed by atoms with Crippen molar-refractivity contribution < 1.29 is 4.74 Å². The largest absolute Gasteiger partial charge is 0.357 e. The van der Waals surface area contributed by atoms with Gasteiger partial charge in [-0.25, -0.2) is 0 Å². The number of hydrogen-bond acceptors (Lipinski definition) is 1. The van der Waals surface area contributed by atoms with Gasteiger partial charge in [-0.05, 0) is 23.1 Å². The second-order valence-corrected chi connectivity index (χ2v) is 7.07. The third kappa shape index (κ3) is 4.35. The van der Waals surface area contributed by atoms with Crippen LogP contribution < -0.4 is 0 Å². The lowest BCUT2D eigenvalue weighted by molar-refractivity contribution is -0.0491. The molecule has 0 radical (unpaired) electrons. The van der Waals surface area contributed by atoms with Crippen molar-refractivity contribution >= 4 is 0 Å². The molecule has 28 heavy (non-hydrogen) atoms. The molecule has 3 rings (SSSR count). The van der Waals surface area contributed by atoms with E-state index >= 15 is 0 Å². The highest BCUT2D eigenvalue weighted by Gasteiger charge is 2.39. The molecular formula is C27H28O. The van der Waals surface area contributed by atoms with E-state index in [-0.39, 0.29) is 6.10 Å². The smallest absolute Gasteiger partial charge is 0.144 e. The monoisotopic (exact) mass is 368 g/mol. The predicted molar refractivity (Wildman–Crippen MR) is 117 cm³/mol. The Hall–Kier alpha value is -2.82. The summed E-state index contributed by atoms with van der Waals surface area (Å²) in [4.78, 5) is 0. The first-order chi connectivity index (χ1) is 13.8. The van der Waals surface area contributed by atoms with Gasteiger partial charge in [-0.15, -0.1) is 12.3 Å². The number of benzene rings is 3. The van der Waals surface area contributed by atoms with Gasteiger partial charge in [-0.3, -0.25) is 0 Å². The zero-order valence-electron chi connectivity index (χ0n) is 16.6. The van der Waals surface area contributed by atoms with Gasteiger partial charge in [0.15, 0.2) is 0 Å². The molecule has 0 aliphatic carbocycles. The first-order valence-electron chi connectivity index (χ1n) is 10.1. The molecule has 0 N–H and O–H groups in total. The number of unbranched alkanes of at least 4 members (excludes halogenated alkanes) is 1. The van der Waals surface area contributed by atoms with E-state index in [0.717, 1.165) is 36.0 Å². The van der Waals surface area contributed by atoms with Crippen molar-refractivity contribution in [3.63, 3.8) is 0 Å². The van der Waals surface area contributed by atoms with Crippen LogP contribution >= 0.6 is 0 Å². The van der Waals surface area contributed by atoms with E-state index in [1.807, 2.05) is 18.2 Å². The number of terminal acetylenes is 1. The molecule has 0 bridgehead atoms. The van der Waals surface area contributed by atoms with E-state index in [0.29, 0.717) is 6.42 Å². The molecule has 1 atom stereocenters. The Morgan fingerprint density at radius 3 is 1.57 bits per heavy atom. The fraction of sp³-hybridized carbons (Fsp3) is 0.259. The van der Waals surface area contributed by atoms with Gasteiger partial charge >= 0.3 is 0 Å². The van der Waals surface area contributed by atoms with E-state index in [2.05, 4.69) is 85.6 Å². The maximum atomic E-state index is 7.00. The van der Waals surface area contributed by atoms with E-state index in [1.54, 1.807) is 0 Å². The summed E-state index contributed by atoms with van der Waals surface area (Å²) < 4.78 is 7.00. The molecule has 3 aromatic carbocycles. The third-order valence-electron chi connectivity index (χ3n) is 5.11. The predicted octanol–water partition coefficient (Wildman–Crippen LogP) is 6.58. The van der Waals surface area contributed by atoms with Crippen LogP contribution in [0.3, 0.4) is 0 Å². The summed E-state index contributed by atoms with van der Waals surface area (Å²) in [6, 6.07) is 31.4. The molecule has 3 aromatic rings. The zero-order valence-corrected chi connectivity index (χ0v) is 16.6. The van der Waals surface area contributed by atoms with Gasteiger partial charge in [-0.2, -0.15) is 0 Å². The molecule has 0 aromatic heterocycles. The molecular weight excluding hydrogens is 340 g/mol. The van der Waals surface area contributed by atoms with Gasteiger partial charge in [0.1, 0.15) is 5.60 Å². The van der Waals surface area contributed by atoms with Crippen LogP contribution in [0.1, 0.15) is 49.3 Å². The maximum Gasteiger partial charge on any atom is 0.144 e. The van der Waals surface area contributed by atoms with Crippen molar-refractivity contribution in [3.8, 4) is 12.3 Å². The summed E-state index contributed by atoms with van der Waals surface area (Å²) in [6.07, 6.45) is 9.48. The molecule has 0 spiro atoms. The van der Waals surface area contributed by atoms with Crippen LogP contribution in [0, 0.1) is 12.3 Å². The fourth-order valence-electron chi connectivity index (χ4n) is 3.74. The Bertz CT molecular complexity index is 766. The van der Waals surface area contributed by atoms with Gasteiger partial charge in [0.2, 0.25) is 0 Å². The molecule has 0 amide bonds.